The lowest BCUT2D eigenvalue weighted by Gasteiger charge is -2.19. The van der Waals surface area contributed by atoms with Crippen LogP contribution in [0.5, 0.6) is 5.75 Å². The predicted octanol–water partition coefficient (Wildman–Crippen LogP) is 2.81. The van der Waals surface area contributed by atoms with E-state index in [9.17, 15) is 19.5 Å². The van der Waals surface area contributed by atoms with Gasteiger partial charge in [-0.05, 0) is 51.3 Å². The van der Waals surface area contributed by atoms with E-state index in [1.165, 1.54) is 18.2 Å². The first-order chi connectivity index (χ1) is 13.1. The van der Waals surface area contributed by atoms with Gasteiger partial charge in [0, 0.05) is 37.0 Å². The smallest absolute Gasteiger partial charge is 0.407 e. The van der Waals surface area contributed by atoms with Gasteiger partial charge in [0.05, 0.1) is 0 Å². The van der Waals surface area contributed by atoms with E-state index in [1.54, 1.807) is 26.8 Å². The van der Waals surface area contributed by atoms with Gasteiger partial charge >= 0.3 is 11.7 Å². The van der Waals surface area contributed by atoms with Crippen LogP contribution in [-0.4, -0.2) is 29.3 Å². The van der Waals surface area contributed by atoms with Crippen molar-refractivity contribution in [3.05, 3.63) is 40.2 Å². The highest BCUT2D eigenvalue weighted by Crippen LogP contribution is 2.21. The molecule has 0 unspecified atom stereocenters. The minimum absolute atomic E-state index is 0.00294. The molecule has 0 fully saturated rings. The van der Waals surface area contributed by atoms with Crippen molar-refractivity contribution in [2.75, 3.05) is 6.54 Å². The maximum Gasteiger partial charge on any atom is 0.407 e. The first-order valence-electron chi connectivity index (χ1n) is 9.13. The van der Waals surface area contributed by atoms with E-state index in [-0.39, 0.29) is 23.8 Å². The van der Waals surface area contributed by atoms with Crippen molar-refractivity contribution in [1.82, 2.24) is 10.6 Å². The Hall–Kier alpha value is -3.03. The van der Waals surface area contributed by atoms with Crippen LogP contribution < -0.4 is 16.3 Å². The zero-order valence-electron chi connectivity index (χ0n) is 16.3. The Kier molecular flexibility index (Phi) is 7.03. The lowest BCUT2D eigenvalue weighted by atomic mass is 10.1. The van der Waals surface area contributed by atoms with E-state index in [4.69, 9.17) is 9.15 Å². The Labute approximate surface area is 162 Å². The second-order valence-electron chi connectivity index (χ2n) is 7.43. The Bertz CT molecular complexity index is 898. The maximum absolute atomic E-state index is 12.0. The lowest BCUT2D eigenvalue weighted by molar-refractivity contribution is -0.121. The van der Waals surface area contributed by atoms with Gasteiger partial charge in [-0.2, -0.15) is 0 Å². The van der Waals surface area contributed by atoms with Crippen molar-refractivity contribution >= 4 is 23.0 Å². The first-order valence-corrected chi connectivity index (χ1v) is 9.13. The number of phenols is 1. The molecule has 0 atom stereocenters. The number of nitrogens with one attached hydrogen (secondary N) is 2. The summed E-state index contributed by atoms with van der Waals surface area (Å²) in [5, 5.41) is 15.6. The number of unbranched alkanes of at least 4 members (excludes halogenated alkanes) is 1. The third kappa shape index (κ3) is 6.94. The maximum atomic E-state index is 12.0. The number of hydrogen-bond acceptors (Lipinski definition) is 6. The number of phenolic OH excluding ortho intramolecular Hbond substituents is 1. The van der Waals surface area contributed by atoms with Crippen molar-refractivity contribution in [2.45, 2.75) is 52.2 Å². The summed E-state index contributed by atoms with van der Waals surface area (Å²) in [6.07, 6.45) is 1.07. The van der Waals surface area contributed by atoms with Crippen LogP contribution in [0.2, 0.25) is 0 Å². The van der Waals surface area contributed by atoms with Gasteiger partial charge in [0.2, 0.25) is 5.91 Å². The van der Waals surface area contributed by atoms with Gasteiger partial charge in [0.15, 0.2) is 0 Å². The molecule has 3 N–H and O–H groups in total. The van der Waals surface area contributed by atoms with Crippen molar-refractivity contribution in [3.63, 3.8) is 0 Å². The Balaban J connectivity index is 1.75. The van der Waals surface area contributed by atoms with Crippen LogP contribution in [0.3, 0.4) is 0 Å². The van der Waals surface area contributed by atoms with E-state index >= 15 is 0 Å². The fourth-order valence-electron chi connectivity index (χ4n) is 2.56. The van der Waals surface area contributed by atoms with Crippen molar-refractivity contribution in [3.8, 4) is 5.75 Å². The zero-order valence-corrected chi connectivity index (χ0v) is 16.3. The predicted molar refractivity (Wildman–Crippen MR) is 104 cm³/mol. The molecule has 0 spiro atoms. The third-order valence-electron chi connectivity index (χ3n) is 3.79. The molecule has 1 aromatic carbocycles. The second-order valence-corrected chi connectivity index (χ2v) is 7.43. The number of aromatic hydroxyl groups is 1. The highest BCUT2D eigenvalue weighted by Gasteiger charge is 2.15. The number of rotatable bonds is 7. The number of ether oxygens (including phenoxy) is 1. The summed E-state index contributed by atoms with van der Waals surface area (Å²) in [7, 11) is 0. The molecular weight excluding hydrogens is 364 g/mol. The molecule has 0 saturated heterocycles. The first kappa shape index (κ1) is 21.3. The van der Waals surface area contributed by atoms with Gasteiger partial charge in [-0.3, -0.25) is 4.79 Å². The summed E-state index contributed by atoms with van der Waals surface area (Å²) < 4.78 is 10.2. The fraction of sp³-hybridized carbons (Fsp3) is 0.450. The normalized spacial score (nSPS) is 11.2. The molecule has 1 heterocycles. The molecular formula is C20H26N2O6. The summed E-state index contributed by atoms with van der Waals surface area (Å²) in [6, 6.07) is 5.81. The van der Waals surface area contributed by atoms with Gasteiger partial charge in [0.25, 0.3) is 0 Å². The minimum Gasteiger partial charge on any atom is -0.508 e. The van der Waals surface area contributed by atoms with E-state index in [2.05, 4.69) is 10.6 Å². The van der Waals surface area contributed by atoms with Crippen LogP contribution in [0.15, 0.2) is 33.5 Å². The zero-order chi connectivity index (χ0) is 20.7. The topological polar surface area (TPSA) is 118 Å². The SMILES string of the molecule is CC(C)(C)OC(=O)NCCCCC(=O)NCc1cc(=O)oc2cc(O)ccc12. The monoisotopic (exact) mass is 390 g/mol. The molecule has 28 heavy (non-hydrogen) atoms. The fourth-order valence-corrected chi connectivity index (χ4v) is 2.56. The number of carbonyl (C=O) groups excluding carboxylic acids is 2. The van der Waals surface area contributed by atoms with Crippen LogP contribution >= 0.6 is 0 Å². The molecule has 8 heteroatoms. The number of carbonyl (C=O) groups is 2. The lowest BCUT2D eigenvalue weighted by Crippen LogP contribution is -2.33. The van der Waals surface area contributed by atoms with Gasteiger partial charge in [0.1, 0.15) is 16.9 Å². The second kappa shape index (κ2) is 9.25. The van der Waals surface area contributed by atoms with Crippen molar-refractivity contribution in [2.24, 2.45) is 0 Å². The van der Waals surface area contributed by atoms with E-state index in [1.807, 2.05) is 0 Å². The molecule has 0 saturated carbocycles. The average molecular weight is 390 g/mol. The number of alkyl carbamates (subject to hydrolysis) is 1. The summed E-state index contributed by atoms with van der Waals surface area (Å²) >= 11 is 0. The Morgan fingerprint density at radius 1 is 1.14 bits per heavy atom. The van der Waals surface area contributed by atoms with Crippen LogP contribution in [0.25, 0.3) is 11.0 Å². The molecule has 0 aliphatic heterocycles. The summed E-state index contributed by atoms with van der Waals surface area (Å²) in [4.78, 5) is 35.2. The average Bonchev–Trinajstić information content (AvgIpc) is 2.57. The summed E-state index contributed by atoms with van der Waals surface area (Å²) in [5.41, 5.74) is -0.201. The molecule has 2 aromatic rings. The number of amides is 2. The standard InChI is InChI=1S/C20H26N2O6/c1-20(2,3)28-19(26)21-9-5-4-6-17(24)22-12-13-10-18(25)27-16-11-14(23)7-8-15(13)16/h7-8,10-11,23H,4-6,9,12H2,1-3H3,(H,21,26)(H,22,24). The summed E-state index contributed by atoms with van der Waals surface area (Å²) in [6.45, 7) is 5.98. The van der Waals surface area contributed by atoms with Gasteiger partial charge < -0.3 is 24.9 Å². The third-order valence-corrected chi connectivity index (χ3v) is 3.79. The molecule has 0 aliphatic rings. The molecule has 1 aromatic heterocycles. The minimum atomic E-state index is -0.546. The number of hydrogen-bond donors (Lipinski definition) is 3. The van der Waals surface area contributed by atoms with E-state index < -0.39 is 17.3 Å². The van der Waals surface area contributed by atoms with Crippen LogP contribution in [0.4, 0.5) is 4.79 Å². The van der Waals surface area contributed by atoms with Crippen molar-refractivity contribution < 1.29 is 23.8 Å². The highest BCUT2D eigenvalue weighted by atomic mass is 16.6. The highest BCUT2D eigenvalue weighted by molar-refractivity contribution is 5.82. The molecule has 2 rings (SSSR count). The Morgan fingerprint density at radius 3 is 2.61 bits per heavy atom. The molecule has 0 bridgehead atoms. The van der Waals surface area contributed by atoms with Crippen LogP contribution in [0, 0.1) is 0 Å². The largest absolute Gasteiger partial charge is 0.508 e. The van der Waals surface area contributed by atoms with Gasteiger partial charge in [-0.15, -0.1) is 0 Å². The molecule has 0 aliphatic carbocycles. The van der Waals surface area contributed by atoms with Crippen molar-refractivity contribution in [1.29, 1.82) is 0 Å². The van der Waals surface area contributed by atoms with Crippen LogP contribution in [-0.2, 0) is 16.1 Å². The molecule has 0 radical (unpaired) electrons. The van der Waals surface area contributed by atoms with Crippen LogP contribution in [0.1, 0.15) is 45.6 Å². The number of fused-ring (bicyclic) bond motifs is 1. The Morgan fingerprint density at radius 2 is 1.89 bits per heavy atom. The van der Waals surface area contributed by atoms with E-state index in [0.717, 1.165) is 0 Å². The van der Waals surface area contributed by atoms with Gasteiger partial charge in [-0.1, -0.05) is 0 Å². The number of benzene rings is 1. The quantitative estimate of drug-likeness (QED) is 0.494. The van der Waals surface area contributed by atoms with Gasteiger partial charge in [-0.25, -0.2) is 9.59 Å². The summed E-state index contributed by atoms with van der Waals surface area (Å²) in [5.74, 6) is -0.158. The molecule has 2 amide bonds. The molecule has 8 nitrogen and oxygen atoms in total. The molecule has 152 valence electrons. The van der Waals surface area contributed by atoms with E-state index in [0.29, 0.717) is 36.8 Å².